The minimum atomic E-state index is -2.03. The largest absolute Gasteiger partial charge is 0.506 e. The normalized spacial score (nSPS) is 23.7. The molecule has 6 nitrogen and oxygen atoms in total. The summed E-state index contributed by atoms with van der Waals surface area (Å²) in [6.07, 6.45) is 5.93. The molecule has 2 aliphatic rings. The van der Waals surface area contributed by atoms with Gasteiger partial charge in [-0.05, 0) is 24.5 Å². The molecule has 2 aliphatic heterocycles. The average molecular weight is 307 g/mol. The van der Waals surface area contributed by atoms with Gasteiger partial charge in [-0.3, -0.25) is 9.59 Å². The lowest BCUT2D eigenvalue weighted by molar-refractivity contribution is -0.162. The number of allylic oxidation sites excluding steroid dienone is 2. The highest BCUT2D eigenvalue weighted by Crippen LogP contribution is 2.36. The van der Waals surface area contributed by atoms with E-state index in [0.29, 0.717) is 17.7 Å². The summed E-state index contributed by atoms with van der Waals surface area (Å²) < 4.78 is 5.01. The third-order valence-electron chi connectivity index (χ3n) is 3.79. The second-order valence-corrected chi connectivity index (χ2v) is 5.41. The molecule has 1 atom stereocenters. The number of hydrogen-bond acceptors (Lipinski definition) is 6. The predicted molar refractivity (Wildman–Crippen MR) is 79.4 cm³/mol. The van der Waals surface area contributed by atoms with E-state index < -0.39 is 23.9 Å². The van der Waals surface area contributed by atoms with Crippen LogP contribution in [-0.4, -0.2) is 39.2 Å². The molecule has 2 N–H and O–H groups in total. The van der Waals surface area contributed by atoms with E-state index in [-0.39, 0.29) is 12.4 Å². The molecular weight excluding hydrogens is 286 g/mol. The van der Waals surface area contributed by atoms with Crippen LogP contribution in [0.5, 0.6) is 0 Å². The molecule has 0 saturated carbocycles. The fraction of sp³-hybridized carbons (Fsp3) is 0.500. The molecule has 0 aliphatic carbocycles. The summed E-state index contributed by atoms with van der Waals surface area (Å²) >= 11 is 0. The average Bonchev–Trinajstić information content (AvgIpc) is 2.70. The number of esters is 1. The minimum Gasteiger partial charge on any atom is -0.506 e. The minimum absolute atomic E-state index is 0.0212. The summed E-state index contributed by atoms with van der Waals surface area (Å²) in [5, 5.41) is 20.5. The van der Waals surface area contributed by atoms with E-state index in [1.807, 2.05) is 13.8 Å². The molecule has 0 saturated heterocycles. The first-order chi connectivity index (χ1) is 10.4. The predicted octanol–water partition coefficient (Wildman–Crippen LogP) is 1.93. The molecule has 120 valence electrons. The van der Waals surface area contributed by atoms with Crippen molar-refractivity contribution in [2.45, 2.75) is 45.3 Å². The highest BCUT2D eigenvalue weighted by Gasteiger charge is 2.49. The Morgan fingerprint density at radius 2 is 2.09 bits per heavy atom. The molecule has 0 aromatic rings. The van der Waals surface area contributed by atoms with E-state index in [0.717, 1.165) is 12.8 Å². The van der Waals surface area contributed by atoms with E-state index in [1.54, 1.807) is 6.08 Å². The summed E-state index contributed by atoms with van der Waals surface area (Å²) in [5.74, 6) is -1.25. The standard InChI is InChI=1S/C16H21NO5/c1-3-5-6-22-15(20)9-16(21)14(19)8-12-7-11(4-2)13(18)10-17(12)16/h7-8,10,18,21H,3-6,9H2,1-2H3. The van der Waals surface area contributed by atoms with Crippen molar-refractivity contribution in [2.75, 3.05) is 6.61 Å². The van der Waals surface area contributed by atoms with Crippen LogP contribution in [-0.2, 0) is 14.3 Å². The maximum atomic E-state index is 12.1. The maximum Gasteiger partial charge on any atom is 0.311 e. The van der Waals surface area contributed by atoms with Crippen LogP contribution in [0.2, 0.25) is 0 Å². The van der Waals surface area contributed by atoms with Gasteiger partial charge in [-0.15, -0.1) is 0 Å². The molecule has 0 bridgehead atoms. The quantitative estimate of drug-likeness (QED) is 0.576. The Labute approximate surface area is 129 Å². The zero-order chi connectivity index (χ0) is 16.3. The van der Waals surface area contributed by atoms with Crippen LogP contribution in [0.1, 0.15) is 39.5 Å². The Morgan fingerprint density at radius 3 is 2.73 bits per heavy atom. The second kappa shape index (κ2) is 6.36. The van der Waals surface area contributed by atoms with Crippen molar-refractivity contribution >= 4 is 11.8 Å². The monoisotopic (exact) mass is 307 g/mol. The molecule has 0 spiro atoms. The molecular formula is C16H21NO5. The van der Waals surface area contributed by atoms with Crippen LogP contribution in [0.15, 0.2) is 35.4 Å². The van der Waals surface area contributed by atoms with Crippen LogP contribution in [0.25, 0.3) is 0 Å². The first kappa shape index (κ1) is 16.3. The van der Waals surface area contributed by atoms with Crippen molar-refractivity contribution in [3.8, 4) is 0 Å². The van der Waals surface area contributed by atoms with Crippen LogP contribution in [0, 0.1) is 0 Å². The van der Waals surface area contributed by atoms with Gasteiger partial charge in [0.2, 0.25) is 11.5 Å². The number of fused-ring (bicyclic) bond motifs is 1. The lowest BCUT2D eigenvalue weighted by Crippen LogP contribution is -2.49. The first-order valence-corrected chi connectivity index (χ1v) is 7.47. The van der Waals surface area contributed by atoms with Gasteiger partial charge in [0.15, 0.2) is 0 Å². The number of aliphatic hydroxyl groups excluding tert-OH is 1. The molecule has 2 heterocycles. The van der Waals surface area contributed by atoms with Gasteiger partial charge in [0, 0.05) is 18.0 Å². The third-order valence-corrected chi connectivity index (χ3v) is 3.79. The Kier molecular flexibility index (Phi) is 4.71. The van der Waals surface area contributed by atoms with Crippen molar-refractivity contribution in [1.82, 2.24) is 4.90 Å². The van der Waals surface area contributed by atoms with E-state index in [1.165, 1.54) is 17.2 Å². The number of hydrogen-bond donors (Lipinski definition) is 2. The van der Waals surface area contributed by atoms with Crippen LogP contribution in [0.4, 0.5) is 0 Å². The van der Waals surface area contributed by atoms with E-state index in [4.69, 9.17) is 4.74 Å². The maximum absolute atomic E-state index is 12.1. The molecule has 6 heteroatoms. The number of aliphatic hydroxyl groups is 2. The summed E-state index contributed by atoms with van der Waals surface area (Å²) in [6, 6.07) is 0. The molecule has 0 radical (unpaired) electrons. The molecule has 2 rings (SSSR count). The number of rotatable bonds is 6. The number of carbonyl (C=O) groups excluding carboxylic acids is 2. The summed E-state index contributed by atoms with van der Waals surface area (Å²) in [4.78, 5) is 25.2. The van der Waals surface area contributed by atoms with Crippen LogP contribution >= 0.6 is 0 Å². The zero-order valence-electron chi connectivity index (χ0n) is 12.8. The topological polar surface area (TPSA) is 87.1 Å². The van der Waals surface area contributed by atoms with Crippen LogP contribution < -0.4 is 0 Å². The van der Waals surface area contributed by atoms with Crippen molar-refractivity contribution in [1.29, 1.82) is 0 Å². The zero-order valence-corrected chi connectivity index (χ0v) is 12.8. The number of nitrogens with zero attached hydrogens (tertiary/aromatic N) is 1. The number of ether oxygens (including phenoxy) is 1. The van der Waals surface area contributed by atoms with Gasteiger partial charge in [0.1, 0.15) is 12.2 Å². The van der Waals surface area contributed by atoms with E-state index in [9.17, 15) is 19.8 Å². The summed E-state index contributed by atoms with van der Waals surface area (Å²) in [7, 11) is 0. The molecule has 1 unspecified atom stereocenters. The molecule has 0 aromatic heterocycles. The van der Waals surface area contributed by atoms with Gasteiger partial charge < -0.3 is 19.8 Å². The highest BCUT2D eigenvalue weighted by molar-refractivity contribution is 6.02. The molecule has 0 fully saturated rings. The van der Waals surface area contributed by atoms with Crippen LogP contribution in [0.3, 0.4) is 0 Å². The van der Waals surface area contributed by atoms with Gasteiger partial charge in [0.25, 0.3) is 0 Å². The third kappa shape index (κ3) is 2.92. The van der Waals surface area contributed by atoms with Gasteiger partial charge >= 0.3 is 5.97 Å². The molecule has 0 aromatic carbocycles. The first-order valence-electron chi connectivity index (χ1n) is 7.47. The van der Waals surface area contributed by atoms with Gasteiger partial charge in [-0.2, -0.15) is 0 Å². The summed E-state index contributed by atoms with van der Waals surface area (Å²) in [6.45, 7) is 4.11. The fourth-order valence-electron chi connectivity index (χ4n) is 2.44. The SMILES string of the molecule is CCCCOC(=O)CC1(O)C(=O)C=C2C=C(CC)C(O)=CN21. The highest BCUT2D eigenvalue weighted by atomic mass is 16.5. The Morgan fingerprint density at radius 1 is 1.36 bits per heavy atom. The lowest BCUT2D eigenvalue weighted by atomic mass is 10.0. The van der Waals surface area contributed by atoms with Crippen molar-refractivity contribution < 1.29 is 24.5 Å². The number of ketones is 1. The van der Waals surface area contributed by atoms with Gasteiger partial charge in [0.05, 0.1) is 6.61 Å². The summed E-state index contributed by atoms with van der Waals surface area (Å²) in [5.41, 5.74) is -0.892. The Bertz CT molecular complexity index is 575. The van der Waals surface area contributed by atoms with Crippen molar-refractivity contribution in [2.24, 2.45) is 0 Å². The fourth-order valence-corrected chi connectivity index (χ4v) is 2.44. The van der Waals surface area contributed by atoms with Gasteiger partial charge in [-0.25, -0.2) is 0 Å². The smallest absolute Gasteiger partial charge is 0.311 e. The lowest BCUT2D eigenvalue weighted by Gasteiger charge is -2.34. The van der Waals surface area contributed by atoms with Crippen molar-refractivity contribution in [3.63, 3.8) is 0 Å². The van der Waals surface area contributed by atoms with Gasteiger partial charge in [-0.1, -0.05) is 20.3 Å². The molecule has 22 heavy (non-hydrogen) atoms. The Hall–Kier alpha value is -2.08. The van der Waals surface area contributed by atoms with E-state index >= 15 is 0 Å². The van der Waals surface area contributed by atoms with Crippen molar-refractivity contribution in [3.05, 3.63) is 35.4 Å². The Balaban J connectivity index is 2.14. The van der Waals surface area contributed by atoms with E-state index in [2.05, 4.69) is 0 Å². The number of unbranched alkanes of at least 4 members (excludes halogenated alkanes) is 1. The second-order valence-electron chi connectivity index (χ2n) is 5.41. The number of carbonyl (C=O) groups is 2. The molecule has 0 amide bonds.